The first-order valence-electron chi connectivity index (χ1n) is 12.1. The van der Waals surface area contributed by atoms with Crippen LogP contribution >= 0.6 is 0 Å². The van der Waals surface area contributed by atoms with E-state index in [-0.39, 0.29) is 13.2 Å². The Balaban J connectivity index is 1.88. The number of hydrogen-bond donors (Lipinski definition) is 3. The zero-order valence-corrected chi connectivity index (χ0v) is 18.6. The van der Waals surface area contributed by atoms with Gasteiger partial charge in [0.1, 0.15) is 24.4 Å². The molecule has 0 bridgehead atoms. The normalized spacial score (nSPS) is 25.1. The number of aliphatic hydroxyl groups is 3. The lowest BCUT2D eigenvalue weighted by atomic mass is 10.0. The zero-order valence-electron chi connectivity index (χ0n) is 18.6. The molecule has 1 aliphatic heterocycles. The molecule has 5 heteroatoms. The summed E-state index contributed by atoms with van der Waals surface area (Å²) in [6.07, 6.45) is 19.2. The van der Waals surface area contributed by atoms with Crippen LogP contribution in [0.15, 0.2) is 12.2 Å². The standard InChI is InChI=1S/C24H46O5/c1-2-3-4-5-6-7-8-9-10-11-12-13-14-15-16-17-18-28-24-22(19-25)29-20-21(26)23(24)27/h10-11,21-27H,2-9,12-20H2,1H3/b11-10+/t21-,22+,23+,24+/m1/s1. The fourth-order valence-corrected chi connectivity index (χ4v) is 3.79. The topological polar surface area (TPSA) is 79.2 Å². The van der Waals surface area contributed by atoms with Gasteiger partial charge in [-0.05, 0) is 32.1 Å². The predicted molar refractivity (Wildman–Crippen MR) is 118 cm³/mol. The molecule has 1 rings (SSSR count). The van der Waals surface area contributed by atoms with Crippen LogP contribution in [0.5, 0.6) is 0 Å². The summed E-state index contributed by atoms with van der Waals surface area (Å²) in [7, 11) is 0. The molecule has 0 saturated carbocycles. The van der Waals surface area contributed by atoms with E-state index in [1.165, 1.54) is 77.0 Å². The van der Waals surface area contributed by atoms with Gasteiger partial charge < -0.3 is 24.8 Å². The summed E-state index contributed by atoms with van der Waals surface area (Å²) in [4.78, 5) is 0. The highest BCUT2D eigenvalue weighted by Gasteiger charge is 2.39. The average molecular weight is 415 g/mol. The van der Waals surface area contributed by atoms with Gasteiger partial charge in [0.05, 0.1) is 13.2 Å². The maximum Gasteiger partial charge on any atom is 0.114 e. The second-order valence-corrected chi connectivity index (χ2v) is 8.39. The summed E-state index contributed by atoms with van der Waals surface area (Å²) in [5.74, 6) is 0. The number of ether oxygens (including phenoxy) is 2. The molecule has 29 heavy (non-hydrogen) atoms. The molecule has 5 nitrogen and oxygen atoms in total. The van der Waals surface area contributed by atoms with E-state index in [2.05, 4.69) is 19.1 Å². The second kappa shape index (κ2) is 18.3. The van der Waals surface area contributed by atoms with Crippen molar-refractivity contribution >= 4 is 0 Å². The minimum atomic E-state index is -0.992. The van der Waals surface area contributed by atoms with Gasteiger partial charge in [-0.1, -0.05) is 76.9 Å². The number of unbranched alkanes of at least 4 members (excludes halogenated alkanes) is 12. The third kappa shape index (κ3) is 12.7. The Morgan fingerprint density at radius 2 is 1.38 bits per heavy atom. The first-order chi connectivity index (χ1) is 14.2. The van der Waals surface area contributed by atoms with E-state index in [0.717, 1.165) is 12.8 Å². The number of allylic oxidation sites excluding steroid dienone is 2. The van der Waals surface area contributed by atoms with Crippen molar-refractivity contribution in [3.05, 3.63) is 12.2 Å². The van der Waals surface area contributed by atoms with Crippen molar-refractivity contribution in [1.82, 2.24) is 0 Å². The molecular weight excluding hydrogens is 368 g/mol. The lowest BCUT2D eigenvalue weighted by Gasteiger charge is -2.37. The first kappa shape index (κ1) is 26.6. The maximum absolute atomic E-state index is 10.0. The third-order valence-electron chi connectivity index (χ3n) is 5.72. The molecule has 1 saturated heterocycles. The number of aliphatic hydroxyl groups excluding tert-OH is 3. The molecule has 0 radical (unpaired) electrons. The summed E-state index contributed by atoms with van der Waals surface area (Å²) in [6, 6.07) is 0. The van der Waals surface area contributed by atoms with E-state index >= 15 is 0 Å². The monoisotopic (exact) mass is 414 g/mol. The van der Waals surface area contributed by atoms with Crippen LogP contribution in [0.3, 0.4) is 0 Å². The van der Waals surface area contributed by atoms with Crippen LogP contribution in [0.4, 0.5) is 0 Å². The molecule has 0 aromatic heterocycles. The van der Waals surface area contributed by atoms with Crippen molar-refractivity contribution in [2.75, 3.05) is 19.8 Å². The molecule has 1 fully saturated rings. The SMILES string of the molecule is CCCCCCCCC/C=C/CCCCCCCO[C@@H]1[C@@H](O)[C@H](O)CO[C@H]1CO. The van der Waals surface area contributed by atoms with E-state index < -0.39 is 24.4 Å². The van der Waals surface area contributed by atoms with Gasteiger partial charge in [0.25, 0.3) is 0 Å². The fraction of sp³-hybridized carbons (Fsp3) is 0.917. The van der Waals surface area contributed by atoms with Crippen LogP contribution in [0, 0.1) is 0 Å². The Morgan fingerprint density at radius 3 is 1.97 bits per heavy atom. The van der Waals surface area contributed by atoms with Crippen LogP contribution in [-0.4, -0.2) is 59.6 Å². The van der Waals surface area contributed by atoms with E-state index in [9.17, 15) is 15.3 Å². The van der Waals surface area contributed by atoms with Gasteiger partial charge in [-0.3, -0.25) is 0 Å². The van der Waals surface area contributed by atoms with Crippen molar-refractivity contribution in [1.29, 1.82) is 0 Å². The number of rotatable bonds is 18. The van der Waals surface area contributed by atoms with Crippen molar-refractivity contribution in [3.8, 4) is 0 Å². The van der Waals surface area contributed by atoms with Crippen LogP contribution in [0.2, 0.25) is 0 Å². The van der Waals surface area contributed by atoms with Gasteiger partial charge in [-0.2, -0.15) is 0 Å². The largest absolute Gasteiger partial charge is 0.394 e. The molecule has 3 N–H and O–H groups in total. The highest BCUT2D eigenvalue weighted by Crippen LogP contribution is 2.19. The molecule has 4 atom stereocenters. The highest BCUT2D eigenvalue weighted by atomic mass is 16.6. The minimum Gasteiger partial charge on any atom is -0.394 e. The van der Waals surface area contributed by atoms with Crippen molar-refractivity contribution in [3.63, 3.8) is 0 Å². The fourth-order valence-electron chi connectivity index (χ4n) is 3.79. The van der Waals surface area contributed by atoms with Crippen molar-refractivity contribution in [2.45, 2.75) is 121 Å². The van der Waals surface area contributed by atoms with E-state index in [1.54, 1.807) is 0 Å². The summed E-state index contributed by atoms with van der Waals surface area (Å²) < 4.78 is 11.0. The van der Waals surface area contributed by atoms with E-state index in [0.29, 0.717) is 6.61 Å². The summed E-state index contributed by atoms with van der Waals surface area (Å²) in [6.45, 7) is 2.62. The van der Waals surface area contributed by atoms with Gasteiger partial charge in [-0.15, -0.1) is 0 Å². The Bertz CT molecular complexity index is 385. The smallest absolute Gasteiger partial charge is 0.114 e. The van der Waals surface area contributed by atoms with Crippen molar-refractivity contribution < 1.29 is 24.8 Å². The molecule has 0 aliphatic carbocycles. The Kier molecular flexibility index (Phi) is 16.8. The van der Waals surface area contributed by atoms with E-state index in [4.69, 9.17) is 9.47 Å². The van der Waals surface area contributed by atoms with Crippen LogP contribution in [0.25, 0.3) is 0 Å². The van der Waals surface area contributed by atoms with Gasteiger partial charge in [-0.25, -0.2) is 0 Å². The zero-order chi connectivity index (χ0) is 21.2. The second-order valence-electron chi connectivity index (χ2n) is 8.39. The molecule has 0 spiro atoms. The van der Waals surface area contributed by atoms with Gasteiger partial charge in [0, 0.05) is 6.61 Å². The van der Waals surface area contributed by atoms with Gasteiger partial charge in [0.15, 0.2) is 0 Å². The molecule has 0 unspecified atom stereocenters. The minimum absolute atomic E-state index is 0.0414. The van der Waals surface area contributed by atoms with Gasteiger partial charge in [0.2, 0.25) is 0 Å². The Morgan fingerprint density at radius 1 is 0.828 bits per heavy atom. The molecule has 1 heterocycles. The molecule has 0 aromatic rings. The quantitative estimate of drug-likeness (QED) is 0.227. The Hall–Kier alpha value is -0.460. The lowest BCUT2D eigenvalue weighted by molar-refractivity contribution is -0.211. The Labute approximate surface area is 178 Å². The van der Waals surface area contributed by atoms with Crippen LogP contribution in [-0.2, 0) is 9.47 Å². The number of hydrogen-bond acceptors (Lipinski definition) is 5. The summed E-state index contributed by atoms with van der Waals surface area (Å²) in [5.41, 5.74) is 0. The highest BCUT2D eigenvalue weighted by molar-refractivity contribution is 4.87. The molecule has 1 aliphatic rings. The van der Waals surface area contributed by atoms with Crippen LogP contribution in [0.1, 0.15) is 96.8 Å². The average Bonchev–Trinajstić information content (AvgIpc) is 2.73. The molecule has 0 amide bonds. The lowest BCUT2D eigenvalue weighted by Crippen LogP contribution is -2.55. The molecular formula is C24H46O5. The first-order valence-corrected chi connectivity index (χ1v) is 12.1. The predicted octanol–water partition coefficient (Wildman–Crippen LogP) is 4.52. The molecule has 0 aromatic carbocycles. The summed E-state index contributed by atoms with van der Waals surface area (Å²) in [5, 5.41) is 29.0. The molecule has 172 valence electrons. The summed E-state index contributed by atoms with van der Waals surface area (Å²) >= 11 is 0. The third-order valence-corrected chi connectivity index (χ3v) is 5.72. The van der Waals surface area contributed by atoms with Gasteiger partial charge >= 0.3 is 0 Å². The maximum atomic E-state index is 10.0. The van der Waals surface area contributed by atoms with Crippen molar-refractivity contribution in [2.24, 2.45) is 0 Å². The van der Waals surface area contributed by atoms with Crippen LogP contribution < -0.4 is 0 Å². The van der Waals surface area contributed by atoms with E-state index in [1.807, 2.05) is 0 Å².